The van der Waals surface area contributed by atoms with E-state index >= 15 is 0 Å². The third-order valence-corrected chi connectivity index (χ3v) is 1.97. The molecule has 0 fully saturated rings. The number of nitriles is 1. The fourth-order valence-electron chi connectivity index (χ4n) is 1.06. The molecule has 0 amide bonds. The van der Waals surface area contributed by atoms with Crippen molar-refractivity contribution in [3.63, 3.8) is 0 Å². The van der Waals surface area contributed by atoms with E-state index in [1.54, 1.807) is 0 Å². The second kappa shape index (κ2) is 4.69. The van der Waals surface area contributed by atoms with Gasteiger partial charge in [-0.1, -0.05) is 29.8 Å². The van der Waals surface area contributed by atoms with Crippen molar-refractivity contribution in [1.29, 1.82) is 5.26 Å². The molecule has 0 bridgehead atoms. The molecule has 1 rings (SSSR count). The van der Waals surface area contributed by atoms with Gasteiger partial charge in [-0.2, -0.15) is 5.26 Å². The number of rotatable bonds is 2. The normalized spacial score (nSPS) is 10.2. The highest BCUT2D eigenvalue weighted by Crippen LogP contribution is 2.16. The second-order valence-electron chi connectivity index (χ2n) is 2.77. The molecule has 0 N–H and O–H groups in total. The lowest BCUT2D eigenvalue weighted by atomic mass is 10.1. The minimum Gasteiger partial charge on any atom is -0.198 e. The molecule has 66 valence electrons. The molecule has 1 aromatic carbocycles. The van der Waals surface area contributed by atoms with Crippen LogP contribution in [0.25, 0.3) is 6.08 Å². The third-order valence-electron chi connectivity index (χ3n) is 1.74. The number of hydrogen-bond donors (Lipinski definition) is 0. The van der Waals surface area contributed by atoms with Crippen molar-refractivity contribution in [1.82, 2.24) is 0 Å². The van der Waals surface area contributed by atoms with Crippen LogP contribution in [0.3, 0.4) is 0 Å². The van der Waals surface area contributed by atoms with E-state index in [1.807, 2.05) is 37.3 Å². The predicted molar refractivity (Wildman–Crippen MR) is 55.5 cm³/mol. The van der Waals surface area contributed by atoms with Crippen molar-refractivity contribution in [2.45, 2.75) is 13.3 Å². The van der Waals surface area contributed by atoms with E-state index in [0.717, 1.165) is 16.1 Å². The lowest BCUT2D eigenvalue weighted by Gasteiger charge is -1.99. The van der Waals surface area contributed by atoms with Gasteiger partial charge in [0.25, 0.3) is 0 Å². The molecule has 0 atom stereocenters. The zero-order chi connectivity index (χ0) is 9.68. The molecule has 0 aliphatic rings. The van der Waals surface area contributed by atoms with Gasteiger partial charge in [-0.3, -0.25) is 0 Å². The smallest absolute Gasteiger partial charge is 0.0663 e. The van der Waals surface area contributed by atoms with E-state index in [4.69, 9.17) is 16.9 Å². The molecule has 0 spiro atoms. The topological polar surface area (TPSA) is 23.8 Å². The SMILES string of the molecule is Cc1cc(Cl)ccc1C=CCC#N. The molecule has 13 heavy (non-hydrogen) atoms. The monoisotopic (exact) mass is 191 g/mol. The number of nitrogens with zero attached hydrogens (tertiary/aromatic N) is 1. The first-order valence-corrected chi connectivity index (χ1v) is 4.41. The summed E-state index contributed by atoms with van der Waals surface area (Å²) >= 11 is 5.80. The fraction of sp³-hybridized carbons (Fsp3) is 0.182. The molecule has 0 saturated heterocycles. The minimum atomic E-state index is 0.446. The Bertz CT molecular complexity index is 361. The van der Waals surface area contributed by atoms with Gasteiger partial charge in [0.05, 0.1) is 12.5 Å². The van der Waals surface area contributed by atoms with Gasteiger partial charge in [0.15, 0.2) is 0 Å². The third kappa shape index (κ3) is 2.93. The highest BCUT2D eigenvalue weighted by molar-refractivity contribution is 6.30. The summed E-state index contributed by atoms with van der Waals surface area (Å²) in [4.78, 5) is 0. The van der Waals surface area contributed by atoms with E-state index in [1.165, 1.54) is 0 Å². The number of aryl methyl sites for hydroxylation is 1. The highest BCUT2D eigenvalue weighted by Gasteiger charge is 1.94. The maximum absolute atomic E-state index is 8.34. The summed E-state index contributed by atoms with van der Waals surface area (Å²) in [5, 5.41) is 9.08. The molecule has 2 heteroatoms. The van der Waals surface area contributed by atoms with Gasteiger partial charge >= 0.3 is 0 Å². The lowest BCUT2D eigenvalue weighted by molar-refractivity contribution is 1.36. The molecular weight excluding hydrogens is 182 g/mol. The highest BCUT2D eigenvalue weighted by atomic mass is 35.5. The Labute approximate surface area is 83.3 Å². The van der Waals surface area contributed by atoms with Crippen LogP contribution in [-0.2, 0) is 0 Å². The van der Waals surface area contributed by atoms with Crippen LogP contribution in [0.15, 0.2) is 24.3 Å². The van der Waals surface area contributed by atoms with Crippen molar-refractivity contribution in [3.05, 3.63) is 40.4 Å². The summed E-state index contributed by atoms with van der Waals surface area (Å²) in [5.74, 6) is 0. The molecule has 0 aliphatic heterocycles. The van der Waals surface area contributed by atoms with Gasteiger partial charge in [-0.25, -0.2) is 0 Å². The average Bonchev–Trinajstić information content (AvgIpc) is 2.09. The summed E-state index contributed by atoms with van der Waals surface area (Å²) in [6.07, 6.45) is 4.23. The van der Waals surface area contributed by atoms with Crippen LogP contribution in [0.2, 0.25) is 5.02 Å². The van der Waals surface area contributed by atoms with E-state index in [-0.39, 0.29) is 0 Å². The van der Waals surface area contributed by atoms with Crippen LogP contribution in [0.1, 0.15) is 17.5 Å². The van der Waals surface area contributed by atoms with E-state index in [9.17, 15) is 0 Å². The van der Waals surface area contributed by atoms with Crippen molar-refractivity contribution in [2.24, 2.45) is 0 Å². The van der Waals surface area contributed by atoms with Crippen LogP contribution in [0, 0.1) is 18.3 Å². The molecule has 0 saturated carbocycles. The Morgan fingerprint density at radius 3 is 2.92 bits per heavy atom. The largest absolute Gasteiger partial charge is 0.198 e. The summed E-state index contributed by atoms with van der Waals surface area (Å²) in [7, 11) is 0. The molecule has 0 unspecified atom stereocenters. The van der Waals surface area contributed by atoms with Crippen molar-refractivity contribution in [2.75, 3.05) is 0 Å². The Hall–Kier alpha value is -1.26. The van der Waals surface area contributed by atoms with Crippen LogP contribution < -0.4 is 0 Å². The number of benzene rings is 1. The molecular formula is C11H10ClN. The number of allylic oxidation sites excluding steroid dienone is 1. The first-order valence-electron chi connectivity index (χ1n) is 4.03. The van der Waals surface area contributed by atoms with E-state index < -0.39 is 0 Å². The Morgan fingerprint density at radius 1 is 1.54 bits per heavy atom. The van der Waals surface area contributed by atoms with Crippen molar-refractivity contribution < 1.29 is 0 Å². The lowest BCUT2D eigenvalue weighted by Crippen LogP contribution is -1.79. The van der Waals surface area contributed by atoms with Crippen LogP contribution in [-0.4, -0.2) is 0 Å². The van der Waals surface area contributed by atoms with Gasteiger partial charge in [-0.15, -0.1) is 0 Å². The minimum absolute atomic E-state index is 0.446. The average molecular weight is 192 g/mol. The number of hydrogen-bond acceptors (Lipinski definition) is 1. The predicted octanol–water partition coefficient (Wildman–Crippen LogP) is 3.58. The van der Waals surface area contributed by atoms with E-state index in [2.05, 4.69) is 6.07 Å². The van der Waals surface area contributed by atoms with Gasteiger partial charge in [0.2, 0.25) is 0 Å². The zero-order valence-corrected chi connectivity index (χ0v) is 8.17. The van der Waals surface area contributed by atoms with Crippen molar-refractivity contribution in [3.8, 4) is 6.07 Å². The molecule has 1 aromatic rings. The Morgan fingerprint density at radius 2 is 2.31 bits per heavy atom. The van der Waals surface area contributed by atoms with Crippen LogP contribution in [0.4, 0.5) is 0 Å². The first kappa shape index (κ1) is 9.83. The Kier molecular flexibility index (Phi) is 3.54. The molecule has 0 aromatic heterocycles. The zero-order valence-electron chi connectivity index (χ0n) is 7.42. The second-order valence-corrected chi connectivity index (χ2v) is 3.20. The van der Waals surface area contributed by atoms with Gasteiger partial charge in [0.1, 0.15) is 0 Å². The molecule has 0 heterocycles. The van der Waals surface area contributed by atoms with Crippen LogP contribution in [0.5, 0.6) is 0 Å². The molecule has 0 aliphatic carbocycles. The first-order chi connectivity index (χ1) is 6.24. The molecule has 0 radical (unpaired) electrons. The quantitative estimate of drug-likeness (QED) is 0.701. The maximum Gasteiger partial charge on any atom is 0.0663 e. The number of halogens is 1. The van der Waals surface area contributed by atoms with Gasteiger partial charge in [-0.05, 0) is 30.2 Å². The summed E-state index contributed by atoms with van der Waals surface area (Å²) < 4.78 is 0. The summed E-state index contributed by atoms with van der Waals surface area (Å²) in [6.45, 7) is 2.00. The maximum atomic E-state index is 8.34. The molecule has 1 nitrogen and oxygen atoms in total. The Balaban J connectivity index is 2.85. The van der Waals surface area contributed by atoms with Gasteiger partial charge < -0.3 is 0 Å². The standard InChI is InChI=1S/C11H10ClN/c1-9-8-11(12)6-5-10(9)4-2-3-7-13/h2,4-6,8H,3H2,1H3. The van der Waals surface area contributed by atoms with Crippen LogP contribution >= 0.6 is 11.6 Å². The van der Waals surface area contributed by atoms with Gasteiger partial charge in [0, 0.05) is 5.02 Å². The summed E-state index contributed by atoms with van der Waals surface area (Å²) in [6, 6.07) is 7.76. The summed E-state index contributed by atoms with van der Waals surface area (Å²) in [5.41, 5.74) is 2.24. The fourth-order valence-corrected chi connectivity index (χ4v) is 1.29. The van der Waals surface area contributed by atoms with E-state index in [0.29, 0.717) is 6.42 Å². The van der Waals surface area contributed by atoms with Crippen molar-refractivity contribution >= 4 is 17.7 Å².